The molecule has 4 rings (SSSR count). The van der Waals surface area contributed by atoms with Crippen molar-refractivity contribution in [3.8, 4) is 5.75 Å². The Labute approximate surface area is 167 Å². The Morgan fingerprint density at radius 1 is 0.966 bits per heavy atom. The van der Waals surface area contributed by atoms with Crippen molar-refractivity contribution in [2.45, 2.75) is 9.79 Å². The molecule has 0 saturated carbocycles. The maximum Gasteiger partial charge on any atom is 0.210 e. The molecule has 0 aliphatic rings. The summed E-state index contributed by atoms with van der Waals surface area (Å²) in [6.07, 6.45) is 1.34. The fraction of sp³-hybridized carbons (Fsp3) is 0.0455. The third-order valence-corrected chi connectivity index (χ3v) is 6.28. The van der Waals surface area contributed by atoms with Gasteiger partial charge in [0.15, 0.2) is 0 Å². The van der Waals surface area contributed by atoms with Crippen LogP contribution in [0.5, 0.6) is 5.75 Å². The fourth-order valence-electron chi connectivity index (χ4n) is 3.02. The Morgan fingerprint density at radius 2 is 1.69 bits per heavy atom. The lowest BCUT2D eigenvalue weighted by atomic mass is 10.1. The molecule has 0 spiro atoms. The summed E-state index contributed by atoms with van der Waals surface area (Å²) in [5, 5.41) is 3.70. The van der Waals surface area contributed by atoms with Crippen LogP contribution in [-0.2, 0) is 9.84 Å². The molecule has 0 saturated heterocycles. The van der Waals surface area contributed by atoms with Gasteiger partial charge in [0.25, 0.3) is 0 Å². The molecule has 1 heterocycles. The van der Waals surface area contributed by atoms with Gasteiger partial charge in [0.05, 0.1) is 23.2 Å². The van der Waals surface area contributed by atoms with E-state index in [0.717, 1.165) is 0 Å². The molecule has 0 bridgehead atoms. The van der Waals surface area contributed by atoms with E-state index in [1.807, 2.05) is 0 Å². The van der Waals surface area contributed by atoms with Gasteiger partial charge in [-0.05, 0) is 54.6 Å². The molecular formula is C22H17FN2O3S. The molecular weight excluding hydrogens is 391 g/mol. The summed E-state index contributed by atoms with van der Waals surface area (Å²) in [6.45, 7) is 0. The molecule has 1 N–H and O–H groups in total. The highest BCUT2D eigenvalue weighted by Crippen LogP contribution is 2.36. The summed E-state index contributed by atoms with van der Waals surface area (Å²) >= 11 is 0. The molecule has 0 unspecified atom stereocenters. The number of rotatable bonds is 5. The molecule has 146 valence electrons. The summed E-state index contributed by atoms with van der Waals surface area (Å²) in [5.41, 5.74) is 1.50. The number of hydrogen-bond acceptors (Lipinski definition) is 5. The topological polar surface area (TPSA) is 68.3 Å². The number of anilines is 2. The first kappa shape index (κ1) is 18.9. The van der Waals surface area contributed by atoms with Crippen LogP contribution in [0.15, 0.2) is 88.8 Å². The minimum atomic E-state index is -3.85. The normalized spacial score (nSPS) is 11.4. The SMILES string of the molecule is COc1ccc2ncc(S(=O)(=O)c3ccccc3)c(Nc3ccc(F)cc3)c2c1. The summed E-state index contributed by atoms with van der Waals surface area (Å²) in [5.74, 6) is 0.185. The lowest BCUT2D eigenvalue weighted by Gasteiger charge is -2.16. The lowest BCUT2D eigenvalue weighted by Crippen LogP contribution is -2.07. The van der Waals surface area contributed by atoms with Crippen LogP contribution in [0.3, 0.4) is 0 Å². The number of halogens is 1. The van der Waals surface area contributed by atoms with Gasteiger partial charge in [-0.15, -0.1) is 0 Å². The van der Waals surface area contributed by atoms with Crippen molar-refractivity contribution >= 4 is 32.1 Å². The summed E-state index contributed by atoms with van der Waals surface area (Å²) in [6, 6.07) is 19.1. The van der Waals surface area contributed by atoms with Crippen molar-refractivity contribution in [2.75, 3.05) is 12.4 Å². The summed E-state index contributed by atoms with van der Waals surface area (Å²) < 4.78 is 45.3. The average molecular weight is 408 g/mol. The zero-order valence-electron chi connectivity index (χ0n) is 15.5. The van der Waals surface area contributed by atoms with E-state index in [4.69, 9.17) is 4.74 Å². The molecule has 0 aliphatic heterocycles. The number of pyridine rings is 1. The number of ether oxygens (including phenoxy) is 1. The minimum absolute atomic E-state index is 0.0220. The molecule has 3 aromatic carbocycles. The second-order valence-corrected chi connectivity index (χ2v) is 8.25. The van der Waals surface area contributed by atoms with E-state index in [1.54, 1.807) is 48.5 Å². The number of fused-ring (bicyclic) bond motifs is 1. The van der Waals surface area contributed by atoms with Gasteiger partial charge in [0.2, 0.25) is 9.84 Å². The zero-order valence-corrected chi connectivity index (χ0v) is 16.3. The Balaban J connectivity index is 1.97. The van der Waals surface area contributed by atoms with Crippen molar-refractivity contribution in [3.05, 3.63) is 84.8 Å². The second kappa shape index (κ2) is 7.52. The smallest absolute Gasteiger partial charge is 0.210 e. The molecule has 5 nitrogen and oxygen atoms in total. The van der Waals surface area contributed by atoms with Gasteiger partial charge >= 0.3 is 0 Å². The molecule has 1 aromatic heterocycles. The first-order valence-corrected chi connectivity index (χ1v) is 10.3. The molecule has 4 aromatic rings. The van der Waals surface area contributed by atoms with Gasteiger partial charge < -0.3 is 10.1 Å². The number of benzene rings is 3. The van der Waals surface area contributed by atoms with Gasteiger partial charge in [-0.3, -0.25) is 4.98 Å². The highest BCUT2D eigenvalue weighted by atomic mass is 32.2. The van der Waals surface area contributed by atoms with Crippen molar-refractivity contribution < 1.29 is 17.5 Å². The van der Waals surface area contributed by atoms with E-state index in [9.17, 15) is 12.8 Å². The molecule has 7 heteroatoms. The molecule has 0 aliphatic carbocycles. The van der Waals surface area contributed by atoms with E-state index < -0.39 is 9.84 Å². The standard InChI is InChI=1S/C22H17FN2O3S/c1-28-17-11-12-20-19(13-17)22(25-16-9-7-15(23)8-10-16)21(14-24-20)29(26,27)18-5-3-2-4-6-18/h2-14H,1H3,(H,24,25). The Morgan fingerprint density at radius 3 is 2.38 bits per heavy atom. The van der Waals surface area contributed by atoms with Crippen LogP contribution in [-0.4, -0.2) is 20.5 Å². The molecule has 0 fully saturated rings. The van der Waals surface area contributed by atoms with Crippen LogP contribution in [0.1, 0.15) is 0 Å². The molecule has 0 amide bonds. The third-order valence-electron chi connectivity index (χ3n) is 4.50. The number of sulfone groups is 1. The molecule has 0 atom stereocenters. The predicted molar refractivity (Wildman–Crippen MR) is 110 cm³/mol. The predicted octanol–water partition coefficient (Wildman–Crippen LogP) is 4.96. The van der Waals surface area contributed by atoms with E-state index in [1.165, 1.54) is 37.6 Å². The number of methoxy groups -OCH3 is 1. The highest BCUT2D eigenvalue weighted by molar-refractivity contribution is 7.91. The van der Waals surface area contributed by atoms with Gasteiger partial charge in [0, 0.05) is 17.3 Å². The second-order valence-electron chi connectivity index (χ2n) is 6.33. The van der Waals surface area contributed by atoms with Gasteiger partial charge in [-0.1, -0.05) is 18.2 Å². The van der Waals surface area contributed by atoms with Crippen molar-refractivity contribution in [3.63, 3.8) is 0 Å². The number of aromatic nitrogens is 1. The first-order valence-electron chi connectivity index (χ1n) is 8.78. The largest absolute Gasteiger partial charge is 0.497 e. The summed E-state index contributed by atoms with van der Waals surface area (Å²) in [4.78, 5) is 4.51. The van der Waals surface area contributed by atoms with Gasteiger partial charge in [-0.2, -0.15) is 0 Å². The number of nitrogens with one attached hydrogen (secondary N) is 1. The van der Waals surface area contributed by atoms with Crippen molar-refractivity contribution in [2.24, 2.45) is 0 Å². The van der Waals surface area contributed by atoms with E-state index >= 15 is 0 Å². The van der Waals surface area contributed by atoms with Crippen LogP contribution >= 0.6 is 0 Å². The summed E-state index contributed by atoms with van der Waals surface area (Å²) in [7, 11) is -2.31. The third kappa shape index (κ3) is 3.64. The quantitative estimate of drug-likeness (QED) is 0.506. The Kier molecular flexibility index (Phi) is 4.90. The van der Waals surface area contributed by atoms with Crippen LogP contribution < -0.4 is 10.1 Å². The maximum absolute atomic E-state index is 13.3. The van der Waals surface area contributed by atoms with Crippen LogP contribution in [0.4, 0.5) is 15.8 Å². The maximum atomic E-state index is 13.3. The van der Waals surface area contributed by atoms with E-state index in [-0.39, 0.29) is 15.6 Å². The molecule has 29 heavy (non-hydrogen) atoms. The van der Waals surface area contributed by atoms with Crippen molar-refractivity contribution in [1.82, 2.24) is 4.98 Å². The van der Waals surface area contributed by atoms with E-state index in [0.29, 0.717) is 28.0 Å². The average Bonchev–Trinajstić information content (AvgIpc) is 2.75. The van der Waals surface area contributed by atoms with Gasteiger partial charge in [0.1, 0.15) is 16.5 Å². The monoisotopic (exact) mass is 408 g/mol. The number of hydrogen-bond donors (Lipinski definition) is 1. The van der Waals surface area contributed by atoms with Crippen LogP contribution in [0, 0.1) is 5.82 Å². The highest BCUT2D eigenvalue weighted by Gasteiger charge is 2.24. The Bertz CT molecular complexity index is 1270. The minimum Gasteiger partial charge on any atom is -0.497 e. The lowest BCUT2D eigenvalue weighted by molar-refractivity contribution is 0.415. The zero-order chi connectivity index (χ0) is 20.4. The van der Waals surface area contributed by atoms with Crippen LogP contribution in [0.2, 0.25) is 0 Å². The van der Waals surface area contributed by atoms with E-state index in [2.05, 4.69) is 10.3 Å². The van der Waals surface area contributed by atoms with Crippen molar-refractivity contribution in [1.29, 1.82) is 0 Å². The van der Waals surface area contributed by atoms with Gasteiger partial charge in [-0.25, -0.2) is 12.8 Å². The Hall–Kier alpha value is -3.45. The molecule has 0 radical (unpaired) electrons. The van der Waals surface area contributed by atoms with Crippen LogP contribution in [0.25, 0.3) is 10.9 Å². The number of nitrogens with zero attached hydrogens (tertiary/aromatic N) is 1. The fourth-order valence-corrected chi connectivity index (χ4v) is 4.41. The first-order chi connectivity index (χ1) is 14.0.